The summed E-state index contributed by atoms with van der Waals surface area (Å²) in [7, 11) is -2.52. The summed E-state index contributed by atoms with van der Waals surface area (Å²) in [5.41, 5.74) is 0.230. The van der Waals surface area contributed by atoms with E-state index in [1.807, 2.05) is 0 Å². The Morgan fingerprint density at radius 1 is 1.30 bits per heavy atom. The van der Waals surface area contributed by atoms with Crippen LogP contribution < -0.4 is 20.1 Å². The summed E-state index contributed by atoms with van der Waals surface area (Å²) in [5.74, 6) is -0.455. The summed E-state index contributed by atoms with van der Waals surface area (Å²) in [6.07, 6.45) is 0. The van der Waals surface area contributed by atoms with Crippen molar-refractivity contribution in [3.05, 3.63) is 18.2 Å². The minimum Gasteiger partial charge on any atom is -0.495 e. The maximum atomic E-state index is 12.3. The highest BCUT2D eigenvalue weighted by Gasteiger charge is 2.22. The molecule has 1 atom stereocenters. The lowest BCUT2D eigenvalue weighted by molar-refractivity contribution is -0.122. The van der Waals surface area contributed by atoms with Crippen LogP contribution in [0.1, 0.15) is 20.8 Å². The van der Waals surface area contributed by atoms with E-state index in [-0.39, 0.29) is 16.5 Å². The van der Waals surface area contributed by atoms with Crippen molar-refractivity contribution in [1.29, 1.82) is 0 Å². The standard InChI is InChI=1S/C14H21N3O5S/c1-5-15-14(19)9(2)17-23(20,21)11-6-7-13(22-4)12(8-11)16-10(3)18/h6-9,17H,5H2,1-4H3,(H,15,19)(H,16,18)/t9-/m1/s1. The van der Waals surface area contributed by atoms with E-state index in [0.29, 0.717) is 12.3 Å². The highest BCUT2D eigenvalue weighted by Crippen LogP contribution is 2.27. The number of rotatable bonds is 7. The van der Waals surface area contributed by atoms with Gasteiger partial charge in [0.25, 0.3) is 0 Å². The number of anilines is 1. The number of amides is 2. The van der Waals surface area contributed by atoms with Gasteiger partial charge in [0, 0.05) is 13.5 Å². The Balaban J connectivity index is 3.08. The number of methoxy groups -OCH3 is 1. The average molecular weight is 343 g/mol. The van der Waals surface area contributed by atoms with Gasteiger partial charge in [0.05, 0.1) is 23.7 Å². The van der Waals surface area contributed by atoms with Gasteiger partial charge in [-0.2, -0.15) is 4.72 Å². The van der Waals surface area contributed by atoms with E-state index in [0.717, 1.165) is 0 Å². The molecule has 0 aliphatic carbocycles. The normalized spacial score (nSPS) is 12.3. The second-order valence-electron chi connectivity index (χ2n) is 4.78. The van der Waals surface area contributed by atoms with Gasteiger partial charge in [0.15, 0.2) is 0 Å². The first-order valence-electron chi connectivity index (χ1n) is 6.97. The van der Waals surface area contributed by atoms with Crippen LogP contribution in [0.15, 0.2) is 23.1 Å². The third-order valence-corrected chi connectivity index (χ3v) is 4.41. The lowest BCUT2D eigenvalue weighted by Crippen LogP contribution is -2.44. The molecule has 0 unspecified atom stereocenters. The molecule has 0 saturated carbocycles. The molecule has 0 aromatic heterocycles. The first-order valence-corrected chi connectivity index (χ1v) is 8.45. The zero-order valence-corrected chi connectivity index (χ0v) is 14.3. The number of carbonyl (C=O) groups is 2. The number of hydrogen-bond donors (Lipinski definition) is 3. The minimum atomic E-state index is -3.92. The zero-order chi connectivity index (χ0) is 17.6. The van der Waals surface area contributed by atoms with Crippen molar-refractivity contribution in [3.63, 3.8) is 0 Å². The molecule has 9 heteroatoms. The highest BCUT2D eigenvalue weighted by atomic mass is 32.2. The molecular formula is C14H21N3O5S. The molecule has 2 amide bonds. The smallest absolute Gasteiger partial charge is 0.241 e. The Morgan fingerprint density at radius 3 is 2.48 bits per heavy atom. The number of nitrogens with one attached hydrogen (secondary N) is 3. The fourth-order valence-electron chi connectivity index (χ4n) is 1.82. The van der Waals surface area contributed by atoms with Crippen LogP contribution in [0, 0.1) is 0 Å². The van der Waals surface area contributed by atoms with Crippen LogP contribution in [-0.4, -0.2) is 39.9 Å². The molecule has 0 spiro atoms. The number of likely N-dealkylation sites (N-methyl/N-ethyl adjacent to an activating group) is 1. The summed E-state index contributed by atoms with van der Waals surface area (Å²) in [5, 5.41) is 5.03. The van der Waals surface area contributed by atoms with E-state index in [2.05, 4.69) is 15.4 Å². The fraction of sp³-hybridized carbons (Fsp3) is 0.429. The van der Waals surface area contributed by atoms with Gasteiger partial charge >= 0.3 is 0 Å². The molecule has 128 valence electrons. The number of benzene rings is 1. The summed E-state index contributed by atoms with van der Waals surface area (Å²) in [4.78, 5) is 22.8. The Morgan fingerprint density at radius 2 is 1.96 bits per heavy atom. The van der Waals surface area contributed by atoms with E-state index < -0.39 is 22.0 Å². The van der Waals surface area contributed by atoms with E-state index in [1.54, 1.807) is 6.92 Å². The van der Waals surface area contributed by atoms with Crippen molar-refractivity contribution in [2.45, 2.75) is 31.7 Å². The molecule has 0 radical (unpaired) electrons. The van der Waals surface area contributed by atoms with E-state index >= 15 is 0 Å². The second-order valence-corrected chi connectivity index (χ2v) is 6.49. The molecule has 0 fully saturated rings. The maximum absolute atomic E-state index is 12.3. The molecule has 0 saturated heterocycles. The van der Waals surface area contributed by atoms with Crippen LogP contribution >= 0.6 is 0 Å². The van der Waals surface area contributed by atoms with E-state index in [9.17, 15) is 18.0 Å². The Bertz CT molecular complexity index is 688. The van der Waals surface area contributed by atoms with Crippen LogP contribution in [0.3, 0.4) is 0 Å². The number of sulfonamides is 1. The SMILES string of the molecule is CCNC(=O)[C@@H](C)NS(=O)(=O)c1ccc(OC)c(NC(C)=O)c1. The molecule has 0 aliphatic rings. The average Bonchev–Trinajstić information content (AvgIpc) is 2.46. The van der Waals surface area contributed by atoms with Gasteiger partial charge in [-0.05, 0) is 32.0 Å². The van der Waals surface area contributed by atoms with Gasteiger partial charge < -0.3 is 15.4 Å². The van der Waals surface area contributed by atoms with Crippen molar-refractivity contribution >= 4 is 27.5 Å². The predicted octanol–water partition coefficient (Wildman–Crippen LogP) is 0.456. The molecule has 0 bridgehead atoms. The van der Waals surface area contributed by atoms with E-state index in [1.165, 1.54) is 39.2 Å². The number of hydrogen-bond acceptors (Lipinski definition) is 5. The molecule has 1 rings (SSSR count). The van der Waals surface area contributed by atoms with Gasteiger partial charge in [0.2, 0.25) is 21.8 Å². The third kappa shape index (κ3) is 5.22. The molecular weight excluding hydrogens is 322 g/mol. The second kappa shape index (κ2) is 7.93. The molecule has 0 aliphatic heterocycles. The first-order chi connectivity index (χ1) is 10.7. The molecule has 23 heavy (non-hydrogen) atoms. The highest BCUT2D eigenvalue weighted by molar-refractivity contribution is 7.89. The summed E-state index contributed by atoms with van der Waals surface area (Å²) < 4.78 is 32.0. The quantitative estimate of drug-likeness (QED) is 0.665. The van der Waals surface area contributed by atoms with Crippen molar-refractivity contribution < 1.29 is 22.7 Å². The lowest BCUT2D eigenvalue weighted by Gasteiger charge is -2.15. The third-order valence-electron chi connectivity index (χ3n) is 2.87. The first kappa shape index (κ1) is 18.9. The summed E-state index contributed by atoms with van der Waals surface area (Å²) in [6, 6.07) is 3.10. The van der Waals surface area contributed by atoms with Gasteiger partial charge in [-0.15, -0.1) is 0 Å². The van der Waals surface area contributed by atoms with Crippen LogP contribution in [0.2, 0.25) is 0 Å². The van der Waals surface area contributed by atoms with Gasteiger partial charge in [-0.3, -0.25) is 9.59 Å². The topological polar surface area (TPSA) is 114 Å². The Labute approximate surface area is 135 Å². The van der Waals surface area contributed by atoms with Crippen molar-refractivity contribution in [2.24, 2.45) is 0 Å². The van der Waals surface area contributed by atoms with Crippen molar-refractivity contribution in [1.82, 2.24) is 10.0 Å². The summed E-state index contributed by atoms with van der Waals surface area (Å²) in [6.45, 7) is 4.89. The number of ether oxygens (including phenoxy) is 1. The van der Waals surface area contributed by atoms with Crippen LogP contribution in [-0.2, 0) is 19.6 Å². The largest absolute Gasteiger partial charge is 0.495 e. The van der Waals surface area contributed by atoms with Gasteiger partial charge in [0.1, 0.15) is 5.75 Å². The summed E-state index contributed by atoms with van der Waals surface area (Å²) >= 11 is 0. The van der Waals surface area contributed by atoms with E-state index in [4.69, 9.17) is 4.74 Å². The fourth-order valence-corrected chi connectivity index (χ4v) is 3.05. The van der Waals surface area contributed by atoms with Crippen LogP contribution in [0.5, 0.6) is 5.75 Å². The van der Waals surface area contributed by atoms with Crippen molar-refractivity contribution in [3.8, 4) is 5.75 Å². The molecule has 3 N–H and O–H groups in total. The van der Waals surface area contributed by atoms with Crippen LogP contribution in [0.25, 0.3) is 0 Å². The van der Waals surface area contributed by atoms with Crippen molar-refractivity contribution in [2.75, 3.05) is 19.0 Å². The monoisotopic (exact) mass is 343 g/mol. The minimum absolute atomic E-state index is 0.0850. The maximum Gasteiger partial charge on any atom is 0.241 e. The van der Waals surface area contributed by atoms with Crippen LogP contribution in [0.4, 0.5) is 5.69 Å². The molecule has 8 nitrogen and oxygen atoms in total. The molecule has 1 aromatic carbocycles. The molecule has 0 heterocycles. The zero-order valence-electron chi connectivity index (χ0n) is 13.5. The van der Waals surface area contributed by atoms with Gasteiger partial charge in [-0.1, -0.05) is 0 Å². The number of carbonyl (C=O) groups excluding carboxylic acids is 2. The Kier molecular flexibility index (Phi) is 6.52. The van der Waals surface area contributed by atoms with Gasteiger partial charge in [-0.25, -0.2) is 8.42 Å². The predicted molar refractivity (Wildman–Crippen MR) is 85.8 cm³/mol. The molecule has 1 aromatic rings. The lowest BCUT2D eigenvalue weighted by atomic mass is 10.3. The Hall–Kier alpha value is -2.13.